The maximum Gasteiger partial charge on any atom is 0.285 e. The molecule has 0 saturated heterocycles. The Morgan fingerprint density at radius 1 is 1.33 bits per heavy atom. The summed E-state index contributed by atoms with van der Waals surface area (Å²) in [4.78, 5) is 11.4. The van der Waals surface area contributed by atoms with Gasteiger partial charge in [-0.05, 0) is 6.07 Å². The van der Waals surface area contributed by atoms with E-state index in [-0.39, 0.29) is 5.56 Å². The van der Waals surface area contributed by atoms with Crippen molar-refractivity contribution in [2.24, 2.45) is 0 Å². The van der Waals surface area contributed by atoms with Gasteiger partial charge >= 0.3 is 0 Å². The predicted molar refractivity (Wildman–Crippen MR) is 50.3 cm³/mol. The third kappa shape index (κ3) is 1.04. The minimum atomic E-state index is -0.131. The highest BCUT2D eigenvalue weighted by Gasteiger charge is 1.99. The van der Waals surface area contributed by atoms with Crippen LogP contribution in [0.1, 0.15) is 0 Å². The lowest BCUT2D eigenvalue weighted by molar-refractivity contribution is 0.957. The number of nitrogens with zero attached hydrogens (tertiary/aromatic N) is 2. The van der Waals surface area contributed by atoms with E-state index < -0.39 is 0 Å². The van der Waals surface area contributed by atoms with Crippen molar-refractivity contribution in [1.82, 2.24) is 8.81 Å². The van der Waals surface area contributed by atoms with Gasteiger partial charge in [-0.2, -0.15) is 8.81 Å². The maximum absolute atomic E-state index is 11.4. The van der Waals surface area contributed by atoms with Crippen LogP contribution in [0, 0.1) is 0 Å². The van der Waals surface area contributed by atoms with E-state index in [4.69, 9.17) is 0 Å². The van der Waals surface area contributed by atoms with E-state index >= 15 is 0 Å². The Morgan fingerprint density at radius 3 is 2.92 bits per heavy atom. The Morgan fingerprint density at radius 2 is 2.08 bits per heavy atom. The van der Waals surface area contributed by atoms with Gasteiger partial charge in [-0.3, -0.25) is 4.79 Å². The van der Waals surface area contributed by atoms with Crippen molar-refractivity contribution in [1.29, 1.82) is 0 Å². The first kappa shape index (κ1) is 7.49. The zero-order valence-corrected chi connectivity index (χ0v) is 7.65. The van der Waals surface area contributed by atoms with Crippen molar-refractivity contribution in [3.63, 3.8) is 0 Å². The SMILES string of the molecule is O=c1c2ccccc2cnn1Br. The molecule has 0 amide bonds. The topological polar surface area (TPSA) is 34.9 Å². The summed E-state index contributed by atoms with van der Waals surface area (Å²) >= 11 is 3.01. The van der Waals surface area contributed by atoms with Crippen LogP contribution < -0.4 is 5.56 Å². The average Bonchev–Trinajstić information content (AvgIpc) is 2.12. The number of aromatic nitrogens is 2. The Bertz CT molecular complexity index is 478. The molecule has 0 unspecified atom stereocenters. The first-order valence-electron chi connectivity index (χ1n) is 3.42. The third-order valence-electron chi connectivity index (χ3n) is 1.66. The molecule has 0 aliphatic heterocycles. The molecule has 0 aliphatic carbocycles. The zero-order valence-electron chi connectivity index (χ0n) is 6.07. The third-order valence-corrected chi connectivity index (χ3v) is 2.16. The lowest BCUT2D eigenvalue weighted by Gasteiger charge is -1.95. The molecule has 1 aromatic carbocycles. The molecular formula is C8H5BrN2O. The van der Waals surface area contributed by atoms with E-state index in [1.807, 2.05) is 18.2 Å². The second-order valence-corrected chi connectivity index (χ2v) is 3.07. The molecule has 0 atom stereocenters. The molecule has 2 aromatic rings. The highest BCUT2D eigenvalue weighted by Crippen LogP contribution is 2.06. The van der Waals surface area contributed by atoms with Crippen molar-refractivity contribution in [3.8, 4) is 0 Å². The van der Waals surface area contributed by atoms with E-state index in [9.17, 15) is 4.79 Å². The van der Waals surface area contributed by atoms with Crippen LogP contribution in [-0.2, 0) is 0 Å². The molecule has 0 fully saturated rings. The van der Waals surface area contributed by atoms with Crippen molar-refractivity contribution >= 4 is 26.9 Å². The molecule has 0 N–H and O–H groups in total. The normalized spacial score (nSPS) is 10.4. The fourth-order valence-electron chi connectivity index (χ4n) is 1.07. The summed E-state index contributed by atoms with van der Waals surface area (Å²) in [5.74, 6) is 0. The smallest absolute Gasteiger partial charge is 0.266 e. The first-order valence-corrected chi connectivity index (χ1v) is 4.13. The summed E-state index contributed by atoms with van der Waals surface area (Å²) in [5.41, 5.74) is -0.131. The van der Waals surface area contributed by atoms with Gasteiger partial charge in [0.1, 0.15) is 0 Å². The fourth-order valence-corrected chi connectivity index (χ4v) is 1.35. The van der Waals surface area contributed by atoms with E-state index in [1.165, 1.54) is 0 Å². The van der Waals surface area contributed by atoms with E-state index in [2.05, 4.69) is 21.2 Å². The summed E-state index contributed by atoms with van der Waals surface area (Å²) in [6.07, 6.45) is 1.64. The summed E-state index contributed by atoms with van der Waals surface area (Å²) in [6.45, 7) is 0. The molecule has 0 saturated carbocycles. The molecule has 1 aromatic heterocycles. The van der Waals surface area contributed by atoms with Crippen LogP contribution >= 0.6 is 16.1 Å². The second kappa shape index (κ2) is 2.71. The predicted octanol–water partition coefficient (Wildman–Crippen LogP) is 1.55. The van der Waals surface area contributed by atoms with Gasteiger partial charge in [-0.15, -0.1) is 0 Å². The van der Waals surface area contributed by atoms with Gasteiger partial charge in [0.05, 0.1) is 27.7 Å². The molecule has 1 heterocycles. The molecule has 0 radical (unpaired) electrons. The Labute approximate surface area is 77.0 Å². The number of halogens is 1. The van der Waals surface area contributed by atoms with Crippen LogP contribution in [0.4, 0.5) is 0 Å². The summed E-state index contributed by atoms with van der Waals surface area (Å²) in [6, 6.07) is 7.34. The minimum absolute atomic E-state index is 0.131. The Balaban J connectivity index is 3.01. The van der Waals surface area contributed by atoms with E-state index in [1.54, 1.807) is 12.3 Å². The lowest BCUT2D eigenvalue weighted by atomic mass is 10.2. The number of hydrogen-bond donors (Lipinski definition) is 0. The van der Waals surface area contributed by atoms with Gasteiger partial charge in [0.25, 0.3) is 5.56 Å². The molecule has 4 heteroatoms. The molecule has 12 heavy (non-hydrogen) atoms. The first-order chi connectivity index (χ1) is 5.79. The standard InChI is InChI=1S/C8H5BrN2O/c9-11-8(12)7-4-2-1-3-6(7)5-10-11/h1-5H. The molecule has 0 aliphatic rings. The van der Waals surface area contributed by atoms with Crippen LogP contribution in [0.5, 0.6) is 0 Å². The van der Waals surface area contributed by atoms with Gasteiger partial charge < -0.3 is 0 Å². The van der Waals surface area contributed by atoms with Crippen LogP contribution in [0.3, 0.4) is 0 Å². The van der Waals surface area contributed by atoms with Crippen LogP contribution in [-0.4, -0.2) is 8.81 Å². The number of rotatable bonds is 0. The molecule has 2 rings (SSSR count). The van der Waals surface area contributed by atoms with Gasteiger partial charge in [-0.25, -0.2) is 0 Å². The maximum atomic E-state index is 11.4. The molecule has 0 spiro atoms. The van der Waals surface area contributed by atoms with Gasteiger partial charge in [0.15, 0.2) is 0 Å². The zero-order chi connectivity index (χ0) is 8.55. The molecule has 3 nitrogen and oxygen atoms in total. The van der Waals surface area contributed by atoms with E-state index in [0.717, 1.165) is 9.09 Å². The lowest BCUT2D eigenvalue weighted by Crippen LogP contribution is -2.14. The van der Waals surface area contributed by atoms with E-state index in [0.29, 0.717) is 5.39 Å². The van der Waals surface area contributed by atoms with Gasteiger partial charge in [0.2, 0.25) is 0 Å². The van der Waals surface area contributed by atoms with Gasteiger partial charge in [0, 0.05) is 5.39 Å². The van der Waals surface area contributed by atoms with Crippen LogP contribution in [0.25, 0.3) is 10.8 Å². The summed E-state index contributed by atoms with van der Waals surface area (Å²) in [5, 5.41) is 5.36. The van der Waals surface area contributed by atoms with Crippen molar-refractivity contribution in [2.75, 3.05) is 0 Å². The number of hydrogen-bond acceptors (Lipinski definition) is 2. The minimum Gasteiger partial charge on any atom is -0.266 e. The Kier molecular flexibility index (Phi) is 1.69. The highest BCUT2D eigenvalue weighted by atomic mass is 79.9. The quantitative estimate of drug-likeness (QED) is 0.681. The van der Waals surface area contributed by atoms with Crippen molar-refractivity contribution in [2.45, 2.75) is 0 Å². The van der Waals surface area contributed by atoms with Crippen LogP contribution in [0.15, 0.2) is 35.3 Å². The van der Waals surface area contributed by atoms with Crippen molar-refractivity contribution in [3.05, 3.63) is 40.8 Å². The number of fused-ring (bicyclic) bond motifs is 1. The fraction of sp³-hybridized carbons (Fsp3) is 0. The highest BCUT2D eigenvalue weighted by molar-refractivity contribution is 9.08. The average molecular weight is 225 g/mol. The van der Waals surface area contributed by atoms with Crippen LogP contribution in [0.2, 0.25) is 0 Å². The monoisotopic (exact) mass is 224 g/mol. The molecular weight excluding hydrogens is 220 g/mol. The molecule has 60 valence electrons. The summed E-state index contributed by atoms with van der Waals surface area (Å²) in [7, 11) is 0. The van der Waals surface area contributed by atoms with Gasteiger partial charge in [-0.1, -0.05) is 18.2 Å². The summed E-state index contributed by atoms with van der Waals surface area (Å²) < 4.78 is 1.15. The number of benzene rings is 1. The largest absolute Gasteiger partial charge is 0.285 e. The molecule has 0 bridgehead atoms. The van der Waals surface area contributed by atoms with Crippen molar-refractivity contribution < 1.29 is 0 Å². The Hall–Kier alpha value is -1.16. The second-order valence-electron chi connectivity index (χ2n) is 2.40.